The average molecular weight is 482 g/mol. The van der Waals surface area contributed by atoms with Crippen LogP contribution in [0.2, 0.25) is 0 Å². The van der Waals surface area contributed by atoms with Crippen LogP contribution in [0.25, 0.3) is 5.57 Å². The molecular formula is C29H37BrO. The number of aryl methyl sites for hydroxylation is 1. The van der Waals surface area contributed by atoms with E-state index in [1.54, 1.807) is 0 Å². The van der Waals surface area contributed by atoms with Crippen LogP contribution in [0.3, 0.4) is 0 Å². The van der Waals surface area contributed by atoms with E-state index in [0.29, 0.717) is 5.92 Å². The van der Waals surface area contributed by atoms with Crippen molar-refractivity contribution in [2.75, 3.05) is 0 Å². The van der Waals surface area contributed by atoms with Crippen LogP contribution in [0.15, 0.2) is 101 Å². The van der Waals surface area contributed by atoms with E-state index >= 15 is 0 Å². The van der Waals surface area contributed by atoms with Crippen molar-refractivity contribution in [2.24, 2.45) is 5.92 Å². The summed E-state index contributed by atoms with van der Waals surface area (Å²) in [7, 11) is 0. The molecule has 0 saturated carbocycles. The molecule has 0 atom stereocenters. The summed E-state index contributed by atoms with van der Waals surface area (Å²) in [6.07, 6.45) is 7.96. The van der Waals surface area contributed by atoms with E-state index in [0.717, 1.165) is 4.47 Å². The van der Waals surface area contributed by atoms with Gasteiger partial charge < -0.3 is 0 Å². The van der Waals surface area contributed by atoms with Crippen molar-refractivity contribution < 1.29 is 4.79 Å². The van der Waals surface area contributed by atoms with Crippen molar-refractivity contribution in [1.29, 1.82) is 0 Å². The zero-order valence-corrected chi connectivity index (χ0v) is 21.7. The van der Waals surface area contributed by atoms with Crippen LogP contribution in [-0.4, -0.2) is 5.78 Å². The molecule has 0 radical (unpaired) electrons. The van der Waals surface area contributed by atoms with Crippen LogP contribution in [-0.2, 0) is 4.79 Å². The number of hydrogen-bond acceptors (Lipinski definition) is 1. The Balaban J connectivity index is 0.000000566. The Morgan fingerprint density at radius 3 is 1.81 bits per heavy atom. The highest BCUT2D eigenvalue weighted by molar-refractivity contribution is 9.10. The van der Waals surface area contributed by atoms with Gasteiger partial charge in [-0.15, -0.1) is 0 Å². The van der Waals surface area contributed by atoms with E-state index in [1.165, 1.54) is 40.8 Å². The van der Waals surface area contributed by atoms with Gasteiger partial charge in [-0.3, -0.25) is 4.79 Å². The second-order valence-corrected chi connectivity index (χ2v) is 8.80. The van der Waals surface area contributed by atoms with Gasteiger partial charge in [0.1, 0.15) is 0 Å². The highest BCUT2D eigenvalue weighted by Gasteiger charge is 1.98. The molecule has 0 aliphatic carbocycles. The first-order valence-corrected chi connectivity index (χ1v) is 11.3. The number of allylic oxidation sites excluding steroid dienone is 7. The SMILES string of the molecule is C=CC(C)=O.CC(C)=C/C(=C\C=C(/C)C(C)C)c1ccccc1.Cc1ccc(Br)cc1. The molecule has 0 N–H and O–H groups in total. The molecule has 0 bridgehead atoms. The van der Waals surface area contributed by atoms with Gasteiger partial charge in [0.15, 0.2) is 5.78 Å². The molecule has 2 aromatic carbocycles. The molecule has 0 heterocycles. The van der Waals surface area contributed by atoms with Crippen LogP contribution >= 0.6 is 15.9 Å². The monoisotopic (exact) mass is 480 g/mol. The number of rotatable bonds is 5. The summed E-state index contributed by atoms with van der Waals surface area (Å²) in [5.74, 6) is 0.620. The maximum Gasteiger partial charge on any atom is 0.152 e. The van der Waals surface area contributed by atoms with Gasteiger partial charge in [0.05, 0.1) is 0 Å². The Labute approximate surface area is 198 Å². The van der Waals surface area contributed by atoms with Crippen LogP contribution in [0.1, 0.15) is 52.7 Å². The average Bonchev–Trinajstić information content (AvgIpc) is 2.74. The fourth-order valence-electron chi connectivity index (χ4n) is 2.12. The molecule has 0 saturated heterocycles. The Morgan fingerprint density at radius 2 is 1.42 bits per heavy atom. The van der Waals surface area contributed by atoms with E-state index in [9.17, 15) is 4.79 Å². The Hall–Kier alpha value is -2.45. The number of carbonyl (C=O) groups is 1. The van der Waals surface area contributed by atoms with E-state index in [1.807, 2.05) is 12.1 Å². The maximum atomic E-state index is 9.69. The quantitative estimate of drug-likeness (QED) is 0.307. The van der Waals surface area contributed by atoms with Gasteiger partial charge in [0.25, 0.3) is 0 Å². The summed E-state index contributed by atoms with van der Waals surface area (Å²) in [6.45, 7) is 17.7. The topological polar surface area (TPSA) is 17.1 Å². The summed E-state index contributed by atoms with van der Waals surface area (Å²) in [4.78, 5) is 9.69. The Bertz CT molecular complexity index is 857. The molecule has 0 aliphatic heterocycles. The molecule has 31 heavy (non-hydrogen) atoms. The minimum absolute atomic E-state index is 0.0185. The van der Waals surface area contributed by atoms with Gasteiger partial charge in [-0.25, -0.2) is 0 Å². The molecule has 2 aromatic rings. The first-order chi connectivity index (χ1) is 14.6. The molecule has 0 spiro atoms. The van der Waals surface area contributed by atoms with Gasteiger partial charge in [0.2, 0.25) is 0 Å². The number of halogens is 1. The van der Waals surface area contributed by atoms with Crippen LogP contribution in [0.5, 0.6) is 0 Å². The van der Waals surface area contributed by atoms with Crippen molar-refractivity contribution in [1.82, 2.24) is 0 Å². The van der Waals surface area contributed by atoms with Gasteiger partial charge >= 0.3 is 0 Å². The number of hydrogen-bond donors (Lipinski definition) is 0. The summed E-state index contributed by atoms with van der Waals surface area (Å²) in [5, 5.41) is 0. The summed E-state index contributed by atoms with van der Waals surface area (Å²) < 4.78 is 1.14. The molecule has 0 aromatic heterocycles. The molecule has 1 nitrogen and oxygen atoms in total. The number of ketones is 1. The third kappa shape index (κ3) is 15.1. The van der Waals surface area contributed by atoms with E-state index in [-0.39, 0.29) is 5.78 Å². The first kappa shape index (κ1) is 28.5. The van der Waals surface area contributed by atoms with Crippen molar-refractivity contribution in [3.05, 3.63) is 112 Å². The highest BCUT2D eigenvalue weighted by Crippen LogP contribution is 2.19. The zero-order valence-electron chi connectivity index (χ0n) is 20.1. The Morgan fingerprint density at radius 1 is 0.903 bits per heavy atom. The van der Waals surface area contributed by atoms with E-state index in [4.69, 9.17) is 0 Å². The largest absolute Gasteiger partial charge is 0.295 e. The lowest BCUT2D eigenvalue weighted by Gasteiger charge is -2.05. The van der Waals surface area contributed by atoms with E-state index in [2.05, 4.69) is 125 Å². The molecular weight excluding hydrogens is 444 g/mol. The van der Waals surface area contributed by atoms with Crippen molar-refractivity contribution in [2.45, 2.75) is 48.5 Å². The first-order valence-electron chi connectivity index (χ1n) is 10.5. The summed E-state index contributed by atoms with van der Waals surface area (Å²) in [6, 6.07) is 18.8. The van der Waals surface area contributed by atoms with Gasteiger partial charge in [-0.2, -0.15) is 0 Å². The lowest BCUT2D eigenvalue weighted by Crippen LogP contribution is -1.88. The lowest BCUT2D eigenvalue weighted by molar-refractivity contribution is -0.112. The Kier molecular flexibility index (Phi) is 15.0. The predicted octanol–water partition coefficient (Wildman–Crippen LogP) is 9.16. The van der Waals surface area contributed by atoms with Crippen LogP contribution in [0, 0.1) is 12.8 Å². The molecule has 0 unspecified atom stereocenters. The summed E-state index contributed by atoms with van der Waals surface area (Å²) in [5.41, 5.74) is 6.57. The smallest absolute Gasteiger partial charge is 0.152 e. The van der Waals surface area contributed by atoms with Crippen molar-refractivity contribution >= 4 is 27.3 Å². The van der Waals surface area contributed by atoms with Gasteiger partial charge in [0, 0.05) is 4.47 Å². The minimum Gasteiger partial charge on any atom is -0.295 e. The second kappa shape index (κ2) is 16.3. The minimum atomic E-state index is 0.0185. The highest BCUT2D eigenvalue weighted by atomic mass is 79.9. The fraction of sp³-hybridized carbons (Fsp3) is 0.276. The zero-order chi connectivity index (χ0) is 23.8. The lowest BCUT2D eigenvalue weighted by atomic mass is 10.0. The van der Waals surface area contributed by atoms with Crippen LogP contribution in [0.4, 0.5) is 0 Å². The van der Waals surface area contributed by atoms with Crippen molar-refractivity contribution in [3.8, 4) is 0 Å². The number of benzene rings is 2. The molecule has 166 valence electrons. The van der Waals surface area contributed by atoms with Crippen molar-refractivity contribution in [3.63, 3.8) is 0 Å². The van der Waals surface area contributed by atoms with Crippen LogP contribution < -0.4 is 0 Å². The van der Waals surface area contributed by atoms with E-state index < -0.39 is 0 Å². The summed E-state index contributed by atoms with van der Waals surface area (Å²) >= 11 is 3.35. The second-order valence-electron chi connectivity index (χ2n) is 7.89. The van der Waals surface area contributed by atoms with Gasteiger partial charge in [-0.1, -0.05) is 114 Å². The molecule has 2 heteroatoms. The standard InChI is InChI=1S/C18H24.C7H7Br.C4H6O/c1-14(2)13-18(12-11-16(5)15(3)4)17-9-7-6-8-10-17;1-6-2-4-7(8)5-3-6;1-3-4(2)5/h6-13,15H,1-5H3;2-5H,1H3;3H,1H2,2H3/b16-11+,18-12+;;. The number of carbonyl (C=O) groups excluding carboxylic acids is 1. The maximum absolute atomic E-state index is 9.69. The third-order valence-electron chi connectivity index (χ3n) is 4.29. The normalized spacial score (nSPS) is 10.9. The molecule has 0 amide bonds. The molecule has 0 fully saturated rings. The predicted molar refractivity (Wildman–Crippen MR) is 142 cm³/mol. The third-order valence-corrected chi connectivity index (χ3v) is 4.81. The van der Waals surface area contributed by atoms with Gasteiger partial charge in [-0.05, 0) is 69.9 Å². The fourth-order valence-corrected chi connectivity index (χ4v) is 2.38. The molecule has 2 rings (SSSR count). The molecule has 0 aliphatic rings.